The van der Waals surface area contributed by atoms with Crippen molar-refractivity contribution in [1.82, 2.24) is 19.9 Å². The average Bonchev–Trinajstić information content (AvgIpc) is 3.01. The Balaban J connectivity index is 2.12. The number of hydrogen-bond donors (Lipinski definition) is 1. The van der Waals surface area contributed by atoms with Crippen molar-refractivity contribution in [2.45, 2.75) is 6.42 Å². The van der Waals surface area contributed by atoms with Crippen molar-refractivity contribution in [3.63, 3.8) is 0 Å². The quantitative estimate of drug-likeness (QED) is 0.741. The third-order valence-electron chi connectivity index (χ3n) is 2.63. The van der Waals surface area contributed by atoms with Crippen molar-refractivity contribution in [2.24, 2.45) is 0 Å². The molecule has 0 spiro atoms. The first-order valence-corrected chi connectivity index (χ1v) is 6.39. The van der Waals surface area contributed by atoms with Crippen LogP contribution in [0.1, 0.15) is 4.88 Å². The number of aromatic amines is 1. The lowest BCUT2D eigenvalue weighted by Crippen LogP contribution is -1.83. The van der Waals surface area contributed by atoms with Gasteiger partial charge in [0, 0.05) is 11.3 Å². The number of hydrogen-bond acceptors (Lipinski definition) is 5. The van der Waals surface area contributed by atoms with Crippen molar-refractivity contribution < 1.29 is 4.74 Å². The van der Waals surface area contributed by atoms with Crippen LogP contribution in [0.4, 0.5) is 0 Å². The van der Waals surface area contributed by atoms with Gasteiger partial charge in [-0.3, -0.25) is 0 Å². The Hall–Kier alpha value is -2.39. The van der Waals surface area contributed by atoms with Gasteiger partial charge >= 0.3 is 0 Å². The van der Waals surface area contributed by atoms with Crippen LogP contribution in [0.2, 0.25) is 0 Å². The lowest BCUT2D eigenvalue weighted by Gasteiger charge is -1.97. The van der Waals surface area contributed by atoms with E-state index in [1.807, 2.05) is 6.07 Å². The zero-order chi connectivity index (χ0) is 13.2. The Bertz CT molecular complexity index is 735. The molecule has 0 fully saturated rings. The highest BCUT2D eigenvalue weighted by atomic mass is 32.1. The monoisotopic (exact) mass is 270 g/mol. The molecular weight excluding hydrogens is 260 g/mol. The summed E-state index contributed by atoms with van der Waals surface area (Å²) in [5.41, 5.74) is 2.33. The van der Waals surface area contributed by atoms with Crippen LogP contribution in [-0.4, -0.2) is 27.0 Å². The second-order valence-corrected chi connectivity index (χ2v) is 4.94. The van der Waals surface area contributed by atoms with E-state index in [0.717, 1.165) is 21.0 Å². The second-order valence-electron chi connectivity index (χ2n) is 3.84. The van der Waals surface area contributed by atoms with Crippen LogP contribution in [0.25, 0.3) is 22.6 Å². The zero-order valence-corrected chi connectivity index (χ0v) is 11.0. The number of aromatic nitrogens is 4. The number of ether oxygens (including phenoxy) is 1. The summed E-state index contributed by atoms with van der Waals surface area (Å²) in [6.45, 7) is 0. The molecule has 6 heteroatoms. The molecule has 3 aromatic heterocycles. The highest BCUT2D eigenvalue weighted by Gasteiger charge is 2.15. The normalized spacial score (nSPS) is 10.5. The van der Waals surface area contributed by atoms with Gasteiger partial charge in [-0.15, -0.1) is 23.7 Å². The third-order valence-corrected chi connectivity index (χ3v) is 3.72. The number of nitrogens with one attached hydrogen (secondary N) is 1. The molecule has 0 saturated heterocycles. The van der Waals surface area contributed by atoms with Gasteiger partial charge in [0.2, 0.25) is 0 Å². The van der Waals surface area contributed by atoms with Crippen LogP contribution >= 0.6 is 11.3 Å². The number of methoxy groups -OCH3 is 1. The van der Waals surface area contributed by atoms with Gasteiger partial charge in [-0.2, -0.15) is 0 Å². The van der Waals surface area contributed by atoms with Gasteiger partial charge in [0.05, 0.1) is 18.9 Å². The van der Waals surface area contributed by atoms with Crippen molar-refractivity contribution in [3.8, 4) is 28.8 Å². The molecule has 0 unspecified atom stereocenters. The summed E-state index contributed by atoms with van der Waals surface area (Å²) in [4.78, 5) is 16.7. The second kappa shape index (κ2) is 4.71. The van der Waals surface area contributed by atoms with Crippen molar-refractivity contribution >= 4 is 22.5 Å². The van der Waals surface area contributed by atoms with E-state index in [1.165, 1.54) is 17.7 Å². The molecule has 0 bridgehead atoms. The van der Waals surface area contributed by atoms with Gasteiger partial charge in [0.15, 0.2) is 10.7 Å². The number of terminal acetylenes is 1. The number of rotatable bonds is 3. The van der Waals surface area contributed by atoms with Crippen LogP contribution < -0.4 is 4.74 Å². The van der Waals surface area contributed by atoms with Crippen molar-refractivity contribution in [3.05, 3.63) is 23.5 Å². The summed E-state index contributed by atoms with van der Waals surface area (Å²) in [5, 5.41) is 0.789. The number of nitrogens with zero attached hydrogens (tertiary/aromatic N) is 3. The molecule has 3 heterocycles. The molecule has 3 aromatic rings. The maximum Gasteiger partial charge on any atom is 0.184 e. The van der Waals surface area contributed by atoms with Crippen LogP contribution in [0.5, 0.6) is 5.06 Å². The van der Waals surface area contributed by atoms with Gasteiger partial charge < -0.3 is 9.72 Å². The third kappa shape index (κ3) is 2.04. The van der Waals surface area contributed by atoms with Gasteiger partial charge in [0.25, 0.3) is 0 Å². The lowest BCUT2D eigenvalue weighted by atomic mass is 10.2. The number of imidazole rings is 1. The highest BCUT2D eigenvalue weighted by molar-refractivity contribution is 7.14. The van der Waals surface area contributed by atoms with Crippen LogP contribution in [0.15, 0.2) is 18.6 Å². The molecule has 0 radical (unpaired) electrons. The summed E-state index contributed by atoms with van der Waals surface area (Å²) in [6, 6.07) is 1.99. The molecule has 0 aliphatic carbocycles. The SMILES string of the molecule is C#CCc1cc(-c2nc3ncncc3[nH]2)c(OC)s1. The minimum atomic E-state index is 0.584. The van der Waals surface area contributed by atoms with Crippen LogP contribution in [0, 0.1) is 12.3 Å². The van der Waals surface area contributed by atoms with Crippen molar-refractivity contribution in [1.29, 1.82) is 0 Å². The standard InChI is InChI=1S/C13H10N4OS/c1-3-4-8-5-9(13(18-2)19-8)11-16-10-6-14-7-15-12(10)17-11/h1,5-7H,4H2,2H3,(H,14,15,16,17). The fourth-order valence-corrected chi connectivity index (χ4v) is 2.74. The van der Waals surface area contributed by atoms with Crippen LogP contribution in [0.3, 0.4) is 0 Å². The molecule has 5 nitrogen and oxygen atoms in total. The maximum atomic E-state index is 5.38. The van der Waals surface area contributed by atoms with E-state index < -0.39 is 0 Å². The Morgan fingerprint density at radius 3 is 3.16 bits per heavy atom. The molecular formula is C13H10N4OS. The molecule has 3 rings (SSSR count). The molecule has 0 aliphatic rings. The molecule has 94 valence electrons. The Kier molecular flexibility index (Phi) is 2.89. The Labute approximate surface area is 113 Å². The molecule has 0 saturated carbocycles. The summed E-state index contributed by atoms with van der Waals surface area (Å²) in [6.07, 6.45) is 9.09. The number of H-pyrrole nitrogens is 1. The zero-order valence-electron chi connectivity index (χ0n) is 10.2. The topological polar surface area (TPSA) is 63.7 Å². The van der Waals surface area contributed by atoms with E-state index in [1.54, 1.807) is 13.3 Å². The molecule has 19 heavy (non-hydrogen) atoms. The Morgan fingerprint density at radius 1 is 1.53 bits per heavy atom. The van der Waals surface area contributed by atoms with E-state index >= 15 is 0 Å². The maximum absolute atomic E-state index is 5.38. The molecule has 1 N–H and O–H groups in total. The summed E-state index contributed by atoms with van der Waals surface area (Å²) >= 11 is 1.53. The first-order valence-electron chi connectivity index (χ1n) is 5.58. The smallest absolute Gasteiger partial charge is 0.184 e. The average molecular weight is 270 g/mol. The highest BCUT2D eigenvalue weighted by Crippen LogP contribution is 2.37. The van der Waals surface area contributed by atoms with E-state index in [-0.39, 0.29) is 0 Å². The predicted octanol–water partition coefficient (Wildman–Crippen LogP) is 2.27. The molecule has 0 aromatic carbocycles. The molecule has 0 atom stereocenters. The number of fused-ring (bicyclic) bond motifs is 1. The summed E-state index contributed by atoms with van der Waals surface area (Å²) in [5.74, 6) is 3.34. The predicted molar refractivity (Wildman–Crippen MR) is 74.1 cm³/mol. The fraction of sp³-hybridized carbons (Fsp3) is 0.154. The van der Waals surface area contributed by atoms with Crippen LogP contribution in [-0.2, 0) is 6.42 Å². The lowest BCUT2D eigenvalue weighted by molar-refractivity contribution is 0.428. The van der Waals surface area contributed by atoms with Gasteiger partial charge in [-0.25, -0.2) is 15.0 Å². The minimum absolute atomic E-state index is 0.584. The van der Waals surface area contributed by atoms with Gasteiger partial charge in [0.1, 0.15) is 17.7 Å². The molecule has 0 aliphatic heterocycles. The summed E-state index contributed by atoms with van der Waals surface area (Å²) < 4.78 is 5.38. The largest absolute Gasteiger partial charge is 0.487 e. The summed E-state index contributed by atoms with van der Waals surface area (Å²) in [7, 11) is 1.64. The van der Waals surface area contributed by atoms with E-state index in [4.69, 9.17) is 11.2 Å². The first kappa shape index (κ1) is 11.7. The van der Waals surface area contributed by atoms with E-state index in [9.17, 15) is 0 Å². The first-order chi connectivity index (χ1) is 9.31. The van der Waals surface area contributed by atoms with Crippen molar-refractivity contribution in [2.75, 3.05) is 7.11 Å². The van der Waals surface area contributed by atoms with Gasteiger partial charge in [-0.1, -0.05) is 0 Å². The minimum Gasteiger partial charge on any atom is -0.487 e. The van der Waals surface area contributed by atoms with E-state index in [2.05, 4.69) is 25.9 Å². The Morgan fingerprint density at radius 2 is 2.42 bits per heavy atom. The number of thiophene rings is 1. The van der Waals surface area contributed by atoms with E-state index in [0.29, 0.717) is 17.9 Å². The molecule has 0 amide bonds. The van der Waals surface area contributed by atoms with Gasteiger partial charge in [-0.05, 0) is 6.07 Å². The fourth-order valence-electron chi connectivity index (χ4n) is 1.82.